The number of nitrogens with zero attached hydrogens (tertiary/aromatic N) is 4. The Morgan fingerprint density at radius 2 is 2.13 bits per heavy atom. The molecule has 7 heteroatoms. The van der Waals surface area contributed by atoms with Gasteiger partial charge in [-0.1, -0.05) is 11.3 Å². The van der Waals surface area contributed by atoms with Gasteiger partial charge in [0.1, 0.15) is 5.82 Å². The van der Waals surface area contributed by atoms with E-state index in [1.807, 2.05) is 6.20 Å². The standard InChI is InChI=1S/C16H21FN4O2/c1-12-8-13(17)2-3-15(12)16(22)11-21-10-14(18-19-21)9-20-4-6-23-7-5-20/h2-3,8,10,16,22H,4-7,9,11H2,1H3. The first-order chi connectivity index (χ1) is 11.1. The lowest BCUT2D eigenvalue weighted by atomic mass is 10.0. The molecular weight excluding hydrogens is 299 g/mol. The third-order valence-corrected chi connectivity index (χ3v) is 4.03. The fourth-order valence-electron chi connectivity index (χ4n) is 2.78. The van der Waals surface area contributed by atoms with E-state index in [4.69, 9.17) is 4.74 Å². The van der Waals surface area contributed by atoms with E-state index in [0.717, 1.165) is 44.1 Å². The number of aryl methyl sites for hydroxylation is 1. The first kappa shape index (κ1) is 16.0. The maximum absolute atomic E-state index is 13.1. The highest BCUT2D eigenvalue weighted by Gasteiger charge is 2.15. The van der Waals surface area contributed by atoms with E-state index >= 15 is 0 Å². The molecule has 124 valence electrons. The zero-order valence-electron chi connectivity index (χ0n) is 13.2. The number of ether oxygens (including phenoxy) is 1. The van der Waals surface area contributed by atoms with Crippen molar-refractivity contribution < 1.29 is 14.2 Å². The van der Waals surface area contributed by atoms with Crippen LogP contribution in [0.5, 0.6) is 0 Å². The summed E-state index contributed by atoms with van der Waals surface area (Å²) in [7, 11) is 0. The minimum atomic E-state index is -0.742. The van der Waals surface area contributed by atoms with Gasteiger partial charge in [0, 0.05) is 25.8 Å². The van der Waals surface area contributed by atoms with Crippen LogP contribution in [-0.2, 0) is 17.8 Å². The van der Waals surface area contributed by atoms with Crippen molar-refractivity contribution in [2.24, 2.45) is 0 Å². The summed E-state index contributed by atoms with van der Waals surface area (Å²) >= 11 is 0. The van der Waals surface area contributed by atoms with Crippen LogP contribution in [0.25, 0.3) is 0 Å². The molecule has 1 saturated heterocycles. The Labute approximate surface area is 134 Å². The number of halogens is 1. The van der Waals surface area contributed by atoms with Crippen molar-refractivity contribution in [2.45, 2.75) is 26.1 Å². The molecule has 1 unspecified atom stereocenters. The first-order valence-electron chi connectivity index (χ1n) is 7.75. The molecule has 3 rings (SSSR count). The van der Waals surface area contributed by atoms with Gasteiger partial charge in [0.2, 0.25) is 0 Å². The molecule has 2 heterocycles. The normalized spacial score (nSPS) is 17.3. The number of aliphatic hydroxyl groups excluding tert-OH is 1. The van der Waals surface area contributed by atoms with Gasteiger partial charge in [-0.15, -0.1) is 5.10 Å². The second-order valence-electron chi connectivity index (χ2n) is 5.84. The van der Waals surface area contributed by atoms with Gasteiger partial charge in [0.15, 0.2) is 0 Å². The Morgan fingerprint density at radius 3 is 2.87 bits per heavy atom. The fraction of sp³-hybridized carbons (Fsp3) is 0.500. The average Bonchev–Trinajstić information content (AvgIpc) is 2.95. The molecule has 6 nitrogen and oxygen atoms in total. The van der Waals surface area contributed by atoms with Gasteiger partial charge in [0.05, 0.1) is 31.6 Å². The molecule has 1 fully saturated rings. The molecule has 0 spiro atoms. The number of aliphatic hydroxyl groups is 1. The minimum absolute atomic E-state index is 0.294. The zero-order valence-corrected chi connectivity index (χ0v) is 13.2. The van der Waals surface area contributed by atoms with Crippen LogP contribution in [0.1, 0.15) is 22.9 Å². The predicted octanol–water partition coefficient (Wildman–Crippen LogP) is 1.29. The molecule has 1 atom stereocenters. The Kier molecular flexibility index (Phi) is 5.00. The van der Waals surface area contributed by atoms with Crippen molar-refractivity contribution in [3.8, 4) is 0 Å². The van der Waals surface area contributed by atoms with E-state index in [1.165, 1.54) is 12.1 Å². The monoisotopic (exact) mass is 320 g/mol. The SMILES string of the molecule is Cc1cc(F)ccc1C(O)Cn1cc(CN2CCOCC2)nn1. The van der Waals surface area contributed by atoms with E-state index in [-0.39, 0.29) is 5.82 Å². The van der Waals surface area contributed by atoms with Crippen molar-refractivity contribution in [2.75, 3.05) is 26.3 Å². The Balaban J connectivity index is 1.61. The summed E-state index contributed by atoms with van der Waals surface area (Å²) in [6.07, 6.45) is 1.10. The van der Waals surface area contributed by atoms with Crippen molar-refractivity contribution in [3.63, 3.8) is 0 Å². The smallest absolute Gasteiger partial charge is 0.123 e. The lowest BCUT2D eigenvalue weighted by Crippen LogP contribution is -2.35. The molecule has 0 bridgehead atoms. The number of morpholine rings is 1. The highest BCUT2D eigenvalue weighted by atomic mass is 19.1. The molecule has 0 amide bonds. The highest BCUT2D eigenvalue weighted by molar-refractivity contribution is 5.28. The third-order valence-electron chi connectivity index (χ3n) is 4.03. The van der Waals surface area contributed by atoms with Gasteiger partial charge in [-0.3, -0.25) is 4.90 Å². The summed E-state index contributed by atoms with van der Waals surface area (Å²) in [5, 5.41) is 18.6. The van der Waals surface area contributed by atoms with Crippen LogP contribution in [0, 0.1) is 12.7 Å². The van der Waals surface area contributed by atoms with Crippen LogP contribution >= 0.6 is 0 Å². The summed E-state index contributed by atoms with van der Waals surface area (Å²) in [5.41, 5.74) is 2.30. The molecule has 0 radical (unpaired) electrons. The molecule has 1 aliphatic rings. The minimum Gasteiger partial charge on any atom is -0.386 e. The van der Waals surface area contributed by atoms with Crippen LogP contribution < -0.4 is 0 Å². The number of rotatable bonds is 5. The van der Waals surface area contributed by atoms with Gasteiger partial charge in [0.25, 0.3) is 0 Å². The summed E-state index contributed by atoms with van der Waals surface area (Å²) in [4.78, 5) is 2.26. The van der Waals surface area contributed by atoms with Crippen LogP contribution in [0.15, 0.2) is 24.4 Å². The van der Waals surface area contributed by atoms with Gasteiger partial charge >= 0.3 is 0 Å². The van der Waals surface area contributed by atoms with E-state index < -0.39 is 6.10 Å². The molecule has 23 heavy (non-hydrogen) atoms. The zero-order chi connectivity index (χ0) is 16.2. The second-order valence-corrected chi connectivity index (χ2v) is 5.84. The lowest BCUT2D eigenvalue weighted by molar-refractivity contribution is 0.0336. The van der Waals surface area contributed by atoms with Crippen LogP contribution in [0.2, 0.25) is 0 Å². The molecule has 0 aliphatic carbocycles. The Morgan fingerprint density at radius 1 is 1.35 bits per heavy atom. The van der Waals surface area contributed by atoms with Crippen molar-refractivity contribution >= 4 is 0 Å². The first-order valence-corrected chi connectivity index (χ1v) is 7.75. The summed E-state index contributed by atoms with van der Waals surface area (Å²) < 4.78 is 20.1. The van der Waals surface area contributed by atoms with Crippen LogP contribution in [0.3, 0.4) is 0 Å². The van der Waals surface area contributed by atoms with Crippen LogP contribution in [-0.4, -0.2) is 51.3 Å². The van der Waals surface area contributed by atoms with Crippen molar-refractivity contribution in [3.05, 3.63) is 47.0 Å². The lowest BCUT2D eigenvalue weighted by Gasteiger charge is -2.25. The van der Waals surface area contributed by atoms with E-state index in [0.29, 0.717) is 12.1 Å². The number of aromatic nitrogens is 3. The Hall–Kier alpha value is -1.83. The average molecular weight is 320 g/mol. The van der Waals surface area contributed by atoms with E-state index in [2.05, 4.69) is 15.2 Å². The van der Waals surface area contributed by atoms with Crippen molar-refractivity contribution in [1.29, 1.82) is 0 Å². The van der Waals surface area contributed by atoms with Gasteiger partial charge in [-0.2, -0.15) is 0 Å². The molecule has 1 aromatic heterocycles. The maximum Gasteiger partial charge on any atom is 0.123 e. The Bertz CT molecular complexity index is 655. The van der Waals surface area contributed by atoms with E-state index in [1.54, 1.807) is 17.7 Å². The molecule has 0 saturated carbocycles. The van der Waals surface area contributed by atoms with Gasteiger partial charge < -0.3 is 9.84 Å². The topological polar surface area (TPSA) is 63.4 Å². The third kappa shape index (κ3) is 4.13. The second kappa shape index (κ2) is 7.16. The maximum atomic E-state index is 13.1. The molecule has 2 aromatic rings. The largest absolute Gasteiger partial charge is 0.386 e. The van der Waals surface area contributed by atoms with E-state index in [9.17, 15) is 9.50 Å². The summed E-state index contributed by atoms with van der Waals surface area (Å²) in [6, 6.07) is 4.39. The molecule has 1 N–H and O–H groups in total. The molecule has 1 aromatic carbocycles. The van der Waals surface area contributed by atoms with Gasteiger partial charge in [-0.25, -0.2) is 9.07 Å². The summed E-state index contributed by atoms with van der Waals surface area (Å²) in [5.74, 6) is -0.299. The fourth-order valence-corrected chi connectivity index (χ4v) is 2.78. The number of benzene rings is 1. The number of hydrogen-bond donors (Lipinski definition) is 1. The van der Waals surface area contributed by atoms with Crippen molar-refractivity contribution in [1.82, 2.24) is 19.9 Å². The molecular formula is C16H21FN4O2. The highest BCUT2D eigenvalue weighted by Crippen LogP contribution is 2.20. The predicted molar refractivity (Wildman–Crippen MR) is 82.2 cm³/mol. The quantitative estimate of drug-likeness (QED) is 0.899. The van der Waals surface area contributed by atoms with Gasteiger partial charge in [-0.05, 0) is 30.2 Å². The number of hydrogen-bond acceptors (Lipinski definition) is 5. The van der Waals surface area contributed by atoms with Crippen LogP contribution in [0.4, 0.5) is 4.39 Å². The summed E-state index contributed by atoms with van der Waals surface area (Å²) in [6.45, 7) is 6.09. The molecule has 1 aliphatic heterocycles.